The van der Waals surface area contributed by atoms with Crippen molar-refractivity contribution in [2.75, 3.05) is 5.75 Å². The fraction of sp³-hybridized carbons (Fsp3) is 0.348. The lowest BCUT2D eigenvalue weighted by atomic mass is 10.1. The molecule has 0 N–H and O–H groups in total. The fourth-order valence-electron chi connectivity index (χ4n) is 2.69. The molecule has 0 bridgehead atoms. The predicted molar refractivity (Wildman–Crippen MR) is 115 cm³/mol. The van der Waals surface area contributed by atoms with Crippen molar-refractivity contribution in [3.05, 3.63) is 70.8 Å². The Labute approximate surface area is 166 Å². The maximum Gasteiger partial charge on any atom is 0.185 e. The van der Waals surface area contributed by atoms with E-state index in [9.17, 15) is 4.79 Å². The van der Waals surface area contributed by atoms with Gasteiger partial charge in [-0.1, -0.05) is 81.0 Å². The Bertz CT molecular complexity index is 724. The minimum Gasteiger partial charge on any atom is -0.289 e. The first-order chi connectivity index (χ1) is 12.7. The summed E-state index contributed by atoms with van der Waals surface area (Å²) >= 11 is 7.84. The molecule has 0 aromatic heterocycles. The van der Waals surface area contributed by atoms with Crippen LogP contribution in [-0.2, 0) is 0 Å². The molecule has 2 aromatic rings. The van der Waals surface area contributed by atoms with Gasteiger partial charge in [0, 0.05) is 15.5 Å². The van der Waals surface area contributed by atoms with Gasteiger partial charge in [-0.2, -0.15) is 0 Å². The number of hydrogen-bond acceptors (Lipinski definition) is 2. The summed E-state index contributed by atoms with van der Waals surface area (Å²) in [5, 5.41) is 0.581. The van der Waals surface area contributed by atoms with Crippen LogP contribution >= 0.6 is 23.4 Å². The third-order valence-electron chi connectivity index (χ3n) is 4.16. The molecule has 0 saturated carbocycles. The van der Waals surface area contributed by atoms with E-state index in [0.717, 1.165) is 11.3 Å². The third-order valence-corrected chi connectivity index (χ3v) is 5.48. The number of carbonyl (C=O) groups excluding carboxylic acids is 1. The minimum atomic E-state index is -0.0300. The minimum absolute atomic E-state index is 0.0300. The first kappa shape index (κ1) is 20.8. The van der Waals surface area contributed by atoms with Crippen LogP contribution in [0.4, 0.5) is 0 Å². The van der Waals surface area contributed by atoms with Gasteiger partial charge in [-0.3, -0.25) is 4.79 Å². The van der Waals surface area contributed by atoms with E-state index < -0.39 is 0 Å². The number of unbranched alkanes of at least 4 members (excludes halogenated alkanes) is 5. The highest BCUT2D eigenvalue weighted by atomic mass is 35.5. The van der Waals surface area contributed by atoms with Gasteiger partial charge in [-0.15, -0.1) is 11.8 Å². The van der Waals surface area contributed by atoms with Gasteiger partial charge in [0.2, 0.25) is 0 Å². The van der Waals surface area contributed by atoms with Crippen LogP contribution in [0.1, 0.15) is 61.4 Å². The summed E-state index contributed by atoms with van der Waals surface area (Å²) in [7, 11) is 0. The number of carbonyl (C=O) groups is 1. The van der Waals surface area contributed by atoms with Gasteiger partial charge in [-0.25, -0.2) is 0 Å². The molecule has 26 heavy (non-hydrogen) atoms. The Balaban J connectivity index is 1.81. The molecule has 0 saturated heterocycles. The second kappa shape index (κ2) is 12.0. The first-order valence-corrected chi connectivity index (χ1v) is 10.8. The Kier molecular flexibility index (Phi) is 9.58. The molecule has 138 valence electrons. The third kappa shape index (κ3) is 7.80. The summed E-state index contributed by atoms with van der Waals surface area (Å²) < 4.78 is 0. The average molecular weight is 387 g/mol. The summed E-state index contributed by atoms with van der Waals surface area (Å²) in [5.74, 6) is 1.12. The van der Waals surface area contributed by atoms with Crippen LogP contribution in [0, 0.1) is 0 Å². The van der Waals surface area contributed by atoms with Gasteiger partial charge < -0.3 is 0 Å². The van der Waals surface area contributed by atoms with E-state index in [1.54, 1.807) is 30.3 Å². The van der Waals surface area contributed by atoms with Crippen LogP contribution in [0.25, 0.3) is 6.08 Å². The van der Waals surface area contributed by atoms with E-state index in [-0.39, 0.29) is 5.78 Å². The monoisotopic (exact) mass is 386 g/mol. The van der Waals surface area contributed by atoms with Crippen LogP contribution in [0.15, 0.2) is 59.5 Å². The molecule has 2 aromatic carbocycles. The van der Waals surface area contributed by atoms with Gasteiger partial charge in [0.25, 0.3) is 0 Å². The summed E-state index contributed by atoms with van der Waals surface area (Å²) in [6, 6.07) is 15.4. The van der Waals surface area contributed by atoms with Crippen molar-refractivity contribution in [1.82, 2.24) is 0 Å². The zero-order chi connectivity index (χ0) is 18.6. The molecule has 0 amide bonds. The second-order valence-corrected chi connectivity index (χ2v) is 8.00. The Morgan fingerprint density at radius 2 is 1.77 bits per heavy atom. The molecule has 0 aliphatic carbocycles. The summed E-state index contributed by atoms with van der Waals surface area (Å²) in [5.41, 5.74) is 1.66. The maximum absolute atomic E-state index is 12.2. The van der Waals surface area contributed by atoms with Gasteiger partial charge in [0.05, 0.1) is 0 Å². The van der Waals surface area contributed by atoms with Gasteiger partial charge in [0.1, 0.15) is 0 Å². The van der Waals surface area contributed by atoms with E-state index >= 15 is 0 Å². The Morgan fingerprint density at radius 3 is 2.58 bits per heavy atom. The van der Waals surface area contributed by atoms with Gasteiger partial charge >= 0.3 is 0 Å². The molecular weight excluding hydrogens is 360 g/mol. The number of benzene rings is 2. The number of allylic oxidation sites excluding steroid dienone is 1. The standard InChI is InChI=1S/C23H27ClOS/c1-2-3-4-5-6-7-16-26-22-13-8-10-19(17-22)14-15-23(25)20-11-9-12-21(24)18-20/h8-15,17-18H,2-7,16H2,1H3. The number of halogens is 1. The van der Waals surface area contributed by atoms with Crippen molar-refractivity contribution in [2.24, 2.45) is 0 Å². The molecule has 3 heteroatoms. The molecule has 2 rings (SSSR count). The molecule has 0 unspecified atom stereocenters. The smallest absolute Gasteiger partial charge is 0.185 e. The molecule has 0 radical (unpaired) electrons. The highest BCUT2D eigenvalue weighted by Crippen LogP contribution is 2.22. The first-order valence-electron chi connectivity index (χ1n) is 9.40. The Hall–Kier alpha value is -1.51. The molecule has 0 fully saturated rings. The molecule has 0 heterocycles. The number of thioether (sulfide) groups is 1. The highest BCUT2D eigenvalue weighted by Gasteiger charge is 2.02. The van der Waals surface area contributed by atoms with E-state index in [1.165, 1.54) is 43.4 Å². The molecule has 1 nitrogen and oxygen atoms in total. The van der Waals surface area contributed by atoms with Crippen LogP contribution in [0.5, 0.6) is 0 Å². The van der Waals surface area contributed by atoms with Crippen molar-refractivity contribution >= 4 is 35.2 Å². The zero-order valence-corrected chi connectivity index (χ0v) is 17.0. The van der Waals surface area contributed by atoms with Crippen molar-refractivity contribution in [1.29, 1.82) is 0 Å². The molecule has 0 aliphatic rings. The summed E-state index contributed by atoms with van der Waals surface area (Å²) in [6.07, 6.45) is 11.4. The van der Waals surface area contributed by atoms with E-state index in [1.807, 2.05) is 30.0 Å². The van der Waals surface area contributed by atoms with E-state index in [0.29, 0.717) is 10.6 Å². The van der Waals surface area contributed by atoms with Crippen molar-refractivity contribution in [3.63, 3.8) is 0 Å². The summed E-state index contributed by atoms with van der Waals surface area (Å²) in [4.78, 5) is 13.5. The largest absolute Gasteiger partial charge is 0.289 e. The van der Waals surface area contributed by atoms with Crippen molar-refractivity contribution < 1.29 is 4.79 Å². The van der Waals surface area contributed by atoms with E-state index in [4.69, 9.17) is 11.6 Å². The van der Waals surface area contributed by atoms with Gasteiger partial charge in [-0.05, 0) is 48.1 Å². The maximum atomic E-state index is 12.2. The van der Waals surface area contributed by atoms with Gasteiger partial charge in [0.15, 0.2) is 5.78 Å². The average Bonchev–Trinajstić information content (AvgIpc) is 2.66. The molecule has 0 atom stereocenters. The Morgan fingerprint density at radius 1 is 1.00 bits per heavy atom. The van der Waals surface area contributed by atoms with Crippen molar-refractivity contribution in [2.45, 2.75) is 50.3 Å². The number of ketones is 1. The molecule has 0 spiro atoms. The normalized spacial score (nSPS) is 11.2. The number of hydrogen-bond donors (Lipinski definition) is 0. The lowest BCUT2D eigenvalue weighted by Crippen LogP contribution is -1.93. The second-order valence-electron chi connectivity index (χ2n) is 6.40. The van der Waals surface area contributed by atoms with Crippen LogP contribution in [0.3, 0.4) is 0 Å². The SMILES string of the molecule is CCCCCCCCSc1cccc(C=CC(=O)c2cccc(Cl)c2)c1. The van der Waals surface area contributed by atoms with Crippen LogP contribution in [0.2, 0.25) is 5.02 Å². The summed E-state index contributed by atoms with van der Waals surface area (Å²) in [6.45, 7) is 2.25. The van der Waals surface area contributed by atoms with Crippen LogP contribution in [-0.4, -0.2) is 11.5 Å². The number of rotatable bonds is 11. The van der Waals surface area contributed by atoms with Crippen LogP contribution < -0.4 is 0 Å². The lowest BCUT2D eigenvalue weighted by molar-refractivity contribution is 0.104. The molecule has 0 aliphatic heterocycles. The predicted octanol–water partition coefficient (Wildman–Crippen LogP) is 7.69. The topological polar surface area (TPSA) is 17.1 Å². The zero-order valence-electron chi connectivity index (χ0n) is 15.4. The molecular formula is C23H27ClOS. The van der Waals surface area contributed by atoms with Crippen molar-refractivity contribution in [3.8, 4) is 0 Å². The van der Waals surface area contributed by atoms with E-state index in [2.05, 4.69) is 19.1 Å². The highest BCUT2D eigenvalue weighted by molar-refractivity contribution is 7.99. The fourth-order valence-corrected chi connectivity index (χ4v) is 3.86. The quantitative estimate of drug-likeness (QED) is 0.170. The lowest BCUT2D eigenvalue weighted by Gasteiger charge is -2.03.